The van der Waals surface area contributed by atoms with Crippen LogP contribution in [0.4, 0.5) is 0 Å². The second kappa shape index (κ2) is 5.70. The van der Waals surface area contributed by atoms with Crippen molar-refractivity contribution in [1.29, 1.82) is 0 Å². The molecule has 2 rings (SSSR count). The van der Waals surface area contributed by atoms with Crippen LogP contribution >= 0.6 is 10.7 Å². The molecule has 2 aliphatic carbocycles. The molecular formula is C14H25ClO2S. The summed E-state index contributed by atoms with van der Waals surface area (Å²) in [5.41, 5.74) is 0. The summed E-state index contributed by atoms with van der Waals surface area (Å²) >= 11 is 0. The fourth-order valence-corrected chi connectivity index (χ4v) is 6.11. The summed E-state index contributed by atoms with van der Waals surface area (Å²) in [5, 5.41) is 0. The predicted octanol–water partition coefficient (Wildman–Crippen LogP) is 4.47. The Morgan fingerprint density at radius 1 is 0.833 bits per heavy atom. The lowest BCUT2D eigenvalue weighted by atomic mass is 9.70. The number of hydrogen-bond donors (Lipinski definition) is 0. The maximum absolute atomic E-state index is 12.2. The molecule has 0 aromatic rings. The van der Waals surface area contributed by atoms with Crippen LogP contribution in [0.5, 0.6) is 0 Å². The van der Waals surface area contributed by atoms with E-state index in [1.165, 1.54) is 38.5 Å². The maximum Gasteiger partial charge on any atom is 0.238 e. The van der Waals surface area contributed by atoms with Crippen LogP contribution in [-0.2, 0) is 9.05 Å². The number of halogens is 1. The van der Waals surface area contributed by atoms with Gasteiger partial charge in [-0.3, -0.25) is 0 Å². The van der Waals surface area contributed by atoms with Crippen molar-refractivity contribution in [3.05, 3.63) is 0 Å². The molecule has 106 valence electrons. The highest BCUT2D eigenvalue weighted by Crippen LogP contribution is 2.48. The van der Waals surface area contributed by atoms with E-state index in [2.05, 4.69) is 0 Å². The third-order valence-corrected chi connectivity index (χ3v) is 8.07. The average Bonchev–Trinajstić information content (AvgIpc) is 2.38. The van der Waals surface area contributed by atoms with Gasteiger partial charge in [-0.1, -0.05) is 38.5 Å². The molecule has 0 aliphatic heterocycles. The highest BCUT2D eigenvalue weighted by molar-refractivity contribution is 8.14. The topological polar surface area (TPSA) is 34.1 Å². The third kappa shape index (κ3) is 2.72. The van der Waals surface area contributed by atoms with Gasteiger partial charge >= 0.3 is 0 Å². The molecule has 0 atom stereocenters. The van der Waals surface area contributed by atoms with Crippen molar-refractivity contribution in [2.24, 2.45) is 11.8 Å². The molecule has 0 spiro atoms. The Kier molecular flexibility index (Phi) is 4.64. The van der Waals surface area contributed by atoms with Crippen molar-refractivity contribution < 1.29 is 8.42 Å². The SMILES string of the molecule is CC(C1CCCCC1)(C1CCCCC1)S(=O)(=O)Cl. The first kappa shape index (κ1) is 14.6. The summed E-state index contributed by atoms with van der Waals surface area (Å²) < 4.78 is 23.7. The van der Waals surface area contributed by atoms with Gasteiger partial charge in [0.15, 0.2) is 0 Å². The molecule has 0 saturated heterocycles. The molecule has 18 heavy (non-hydrogen) atoms. The molecule has 0 unspecified atom stereocenters. The molecular weight excluding hydrogens is 268 g/mol. The zero-order valence-corrected chi connectivity index (χ0v) is 12.9. The molecule has 0 aromatic heterocycles. The summed E-state index contributed by atoms with van der Waals surface area (Å²) in [6.45, 7) is 1.93. The Morgan fingerprint density at radius 3 is 1.44 bits per heavy atom. The van der Waals surface area contributed by atoms with Gasteiger partial charge in [-0.25, -0.2) is 8.42 Å². The van der Waals surface area contributed by atoms with E-state index >= 15 is 0 Å². The van der Waals surface area contributed by atoms with Crippen LogP contribution in [-0.4, -0.2) is 13.2 Å². The van der Waals surface area contributed by atoms with Crippen LogP contribution in [0.2, 0.25) is 0 Å². The van der Waals surface area contributed by atoms with Crippen LogP contribution in [0.15, 0.2) is 0 Å². The Bertz CT molecular complexity index is 347. The number of rotatable bonds is 3. The standard InChI is InChI=1S/C14H25ClO2S/c1-14(18(15,16)17,12-8-4-2-5-9-12)13-10-6-3-7-11-13/h12-13H,2-11H2,1H3. The van der Waals surface area contributed by atoms with Gasteiger partial charge in [-0.05, 0) is 44.4 Å². The normalized spacial score (nSPS) is 25.2. The van der Waals surface area contributed by atoms with E-state index in [4.69, 9.17) is 10.7 Å². The van der Waals surface area contributed by atoms with Crippen LogP contribution in [0, 0.1) is 11.8 Å². The van der Waals surface area contributed by atoms with Gasteiger partial charge in [0.2, 0.25) is 9.05 Å². The Balaban J connectivity index is 2.26. The molecule has 2 nitrogen and oxygen atoms in total. The molecule has 0 N–H and O–H groups in total. The zero-order chi connectivity index (χ0) is 13.2. The van der Waals surface area contributed by atoms with Crippen molar-refractivity contribution in [2.75, 3.05) is 0 Å². The van der Waals surface area contributed by atoms with Crippen molar-refractivity contribution in [3.8, 4) is 0 Å². The van der Waals surface area contributed by atoms with Gasteiger partial charge < -0.3 is 0 Å². The average molecular weight is 293 g/mol. The first-order valence-corrected chi connectivity index (χ1v) is 9.71. The summed E-state index contributed by atoms with van der Waals surface area (Å²) in [7, 11) is 2.39. The Morgan fingerprint density at radius 2 is 1.17 bits per heavy atom. The Labute approximate surface area is 116 Å². The largest absolute Gasteiger partial charge is 0.238 e. The summed E-state index contributed by atoms with van der Waals surface area (Å²) in [6.07, 6.45) is 11.3. The lowest BCUT2D eigenvalue weighted by Gasteiger charge is -2.44. The monoisotopic (exact) mass is 292 g/mol. The lowest BCUT2D eigenvalue weighted by Crippen LogP contribution is -2.48. The summed E-state index contributed by atoms with van der Waals surface area (Å²) in [5.74, 6) is 0.550. The smallest absolute Gasteiger partial charge is 0.212 e. The van der Waals surface area contributed by atoms with Crippen LogP contribution in [0.25, 0.3) is 0 Å². The molecule has 0 amide bonds. The molecule has 4 heteroatoms. The van der Waals surface area contributed by atoms with Gasteiger partial charge in [0.05, 0.1) is 4.75 Å². The van der Waals surface area contributed by atoms with Crippen molar-refractivity contribution in [3.63, 3.8) is 0 Å². The van der Waals surface area contributed by atoms with E-state index in [0.717, 1.165) is 25.7 Å². The third-order valence-electron chi connectivity index (χ3n) is 5.36. The van der Waals surface area contributed by atoms with E-state index in [0.29, 0.717) is 0 Å². The van der Waals surface area contributed by atoms with Crippen LogP contribution < -0.4 is 0 Å². The minimum Gasteiger partial charge on any atom is -0.212 e. The molecule has 0 radical (unpaired) electrons. The van der Waals surface area contributed by atoms with Crippen molar-refractivity contribution in [2.45, 2.75) is 75.9 Å². The highest BCUT2D eigenvalue weighted by Gasteiger charge is 2.50. The maximum atomic E-state index is 12.2. The highest BCUT2D eigenvalue weighted by atomic mass is 35.7. The molecule has 0 aromatic carbocycles. The molecule has 2 fully saturated rings. The molecule has 2 aliphatic rings. The van der Waals surface area contributed by atoms with Crippen LogP contribution in [0.1, 0.15) is 71.1 Å². The van der Waals surface area contributed by atoms with Gasteiger partial charge in [-0.15, -0.1) is 0 Å². The van der Waals surface area contributed by atoms with E-state index in [-0.39, 0.29) is 11.8 Å². The minimum atomic E-state index is -3.49. The first-order valence-electron chi connectivity index (χ1n) is 7.40. The number of hydrogen-bond acceptors (Lipinski definition) is 2. The van der Waals surface area contributed by atoms with Gasteiger partial charge in [-0.2, -0.15) is 0 Å². The van der Waals surface area contributed by atoms with Crippen molar-refractivity contribution >= 4 is 19.7 Å². The fourth-order valence-electron chi connectivity index (χ4n) is 4.08. The Hall–Kier alpha value is 0.240. The van der Waals surface area contributed by atoms with Crippen molar-refractivity contribution in [1.82, 2.24) is 0 Å². The molecule has 2 saturated carbocycles. The second-order valence-corrected chi connectivity index (χ2v) is 9.27. The van der Waals surface area contributed by atoms with E-state index in [1.54, 1.807) is 0 Å². The molecule has 0 heterocycles. The lowest BCUT2D eigenvalue weighted by molar-refractivity contribution is 0.181. The van der Waals surface area contributed by atoms with E-state index in [9.17, 15) is 8.42 Å². The first-order chi connectivity index (χ1) is 8.46. The van der Waals surface area contributed by atoms with Crippen LogP contribution in [0.3, 0.4) is 0 Å². The molecule has 0 bridgehead atoms. The predicted molar refractivity (Wildman–Crippen MR) is 76.3 cm³/mol. The van der Waals surface area contributed by atoms with E-state index < -0.39 is 13.8 Å². The summed E-state index contributed by atoms with van der Waals surface area (Å²) in [6, 6.07) is 0. The van der Waals surface area contributed by atoms with Gasteiger partial charge in [0, 0.05) is 10.7 Å². The second-order valence-electron chi connectivity index (χ2n) is 6.29. The van der Waals surface area contributed by atoms with Gasteiger partial charge in [0.25, 0.3) is 0 Å². The van der Waals surface area contributed by atoms with Gasteiger partial charge in [0.1, 0.15) is 0 Å². The fraction of sp³-hybridized carbons (Fsp3) is 1.00. The summed E-state index contributed by atoms with van der Waals surface area (Å²) in [4.78, 5) is 0. The minimum absolute atomic E-state index is 0.275. The quantitative estimate of drug-likeness (QED) is 0.719. The van der Waals surface area contributed by atoms with E-state index in [1.807, 2.05) is 6.92 Å². The zero-order valence-electron chi connectivity index (χ0n) is 11.3.